The Hall–Kier alpha value is -1.50. The maximum atomic E-state index is 9.21. The third kappa shape index (κ3) is 1.05. The predicted octanol–water partition coefficient (Wildman–Crippen LogP) is 2.50. The second-order valence-corrected chi connectivity index (χ2v) is 2.53. The second kappa shape index (κ2) is 2.27. The van der Waals surface area contributed by atoms with Crippen LogP contribution in [0.15, 0.2) is 42.5 Å². The van der Waals surface area contributed by atoms with Gasteiger partial charge in [-0.25, -0.2) is 0 Å². The van der Waals surface area contributed by atoms with Crippen LogP contribution < -0.4 is 0 Å². The molecule has 2 aliphatic carbocycles. The summed E-state index contributed by atoms with van der Waals surface area (Å²) in [6.07, 6.45) is 0. The molecule has 0 aliphatic heterocycles. The van der Waals surface area contributed by atoms with Crippen molar-refractivity contribution >= 4 is 0 Å². The summed E-state index contributed by atoms with van der Waals surface area (Å²) in [4.78, 5) is 0. The van der Waals surface area contributed by atoms with E-state index in [1.165, 1.54) is 0 Å². The Balaban J connectivity index is 2.73. The average molecular weight is 144 g/mol. The highest BCUT2D eigenvalue weighted by atomic mass is 16.3. The minimum atomic E-state index is 0.311. The molecule has 0 radical (unpaired) electrons. The summed E-state index contributed by atoms with van der Waals surface area (Å²) in [7, 11) is 0. The van der Waals surface area contributed by atoms with Crippen molar-refractivity contribution in [1.82, 2.24) is 0 Å². The van der Waals surface area contributed by atoms with Crippen molar-refractivity contribution < 1.29 is 5.11 Å². The van der Waals surface area contributed by atoms with E-state index in [1.54, 1.807) is 12.1 Å². The normalized spacial score (nSPS) is 10.2. The Bertz CT molecular complexity index is 341. The zero-order chi connectivity index (χ0) is 7.68. The van der Waals surface area contributed by atoms with E-state index in [9.17, 15) is 5.11 Å². The smallest absolute Gasteiger partial charge is 0.116 e. The number of aromatic hydroxyl groups is 1. The van der Waals surface area contributed by atoms with Crippen molar-refractivity contribution in [3.63, 3.8) is 0 Å². The van der Waals surface area contributed by atoms with E-state index in [4.69, 9.17) is 0 Å². The second-order valence-electron chi connectivity index (χ2n) is 2.53. The van der Waals surface area contributed by atoms with Gasteiger partial charge in [-0.1, -0.05) is 30.3 Å². The Morgan fingerprint density at radius 2 is 1.45 bits per heavy atom. The first-order valence-corrected chi connectivity index (χ1v) is 3.54. The highest BCUT2D eigenvalue weighted by Crippen LogP contribution is 2.24. The fraction of sp³-hybridized carbons (Fsp3) is 0. The van der Waals surface area contributed by atoms with Crippen LogP contribution in [-0.4, -0.2) is 5.11 Å². The molecule has 1 heteroatoms. The molecule has 0 saturated heterocycles. The van der Waals surface area contributed by atoms with Gasteiger partial charge >= 0.3 is 0 Å². The molecule has 1 N–H and O–H groups in total. The van der Waals surface area contributed by atoms with E-state index in [0.717, 1.165) is 11.1 Å². The SMILES string of the molecule is Oc1cccc2cccc-2c1. The fourth-order valence-corrected chi connectivity index (χ4v) is 1.19. The maximum Gasteiger partial charge on any atom is 0.116 e. The van der Waals surface area contributed by atoms with Crippen LogP contribution in [-0.2, 0) is 0 Å². The zero-order valence-electron chi connectivity index (χ0n) is 5.99. The van der Waals surface area contributed by atoms with E-state index in [-0.39, 0.29) is 0 Å². The lowest BCUT2D eigenvalue weighted by Crippen LogP contribution is -1.61. The Labute approximate surface area is 65.3 Å². The van der Waals surface area contributed by atoms with Gasteiger partial charge in [0.2, 0.25) is 0 Å². The molecule has 0 aromatic rings. The Morgan fingerprint density at radius 3 is 2.27 bits per heavy atom. The van der Waals surface area contributed by atoms with E-state index >= 15 is 0 Å². The molecule has 0 aromatic heterocycles. The van der Waals surface area contributed by atoms with Gasteiger partial charge in [0.1, 0.15) is 5.75 Å². The maximum absolute atomic E-state index is 9.21. The van der Waals surface area contributed by atoms with Crippen LogP contribution >= 0.6 is 0 Å². The van der Waals surface area contributed by atoms with Gasteiger partial charge in [-0.15, -0.1) is 0 Å². The molecule has 0 bridgehead atoms. The largest absolute Gasteiger partial charge is 0.508 e. The number of rotatable bonds is 0. The van der Waals surface area contributed by atoms with Crippen LogP contribution in [0, 0.1) is 0 Å². The van der Waals surface area contributed by atoms with Crippen molar-refractivity contribution in [1.29, 1.82) is 0 Å². The lowest BCUT2D eigenvalue weighted by Gasteiger charge is -1.87. The highest BCUT2D eigenvalue weighted by Gasteiger charge is 1.98. The topological polar surface area (TPSA) is 20.2 Å². The van der Waals surface area contributed by atoms with Gasteiger partial charge in [0, 0.05) is 0 Å². The molecule has 0 heterocycles. The van der Waals surface area contributed by atoms with Crippen LogP contribution in [0.4, 0.5) is 0 Å². The van der Waals surface area contributed by atoms with Crippen molar-refractivity contribution in [3.05, 3.63) is 42.5 Å². The molecule has 0 unspecified atom stereocenters. The van der Waals surface area contributed by atoms with Crippen molar-refractivity contribution in [2.24, 2.45) is 0 Å². The van der Waals surface area contributed by atoms with Crippen LogP contribution in [0.2, 0.25) is 0 Å². The zero-order valence-corrected chi connectivity index (χ0v) is 5.99. The van der Waals surface area contributed by atoms with Gasteiger partial charge < -0.3 is 5.11 Å². The molecule has 0 atom stereocenters. The van der Waals surface area contributed by atoms with Gasteiger partial charge in [-0.3, -0.25) is 0 Å². The van der Waals surface area contributed by atoms with Crippen LogP contribution in [0.3, 0.4) is 0 Å². The first-order chi connectivity index (χ1) is 5.36. The minimum Gasteiger partial charge on any atom is -0.508 e. The molecule has 11 heavy (non-hydrogen) atoms. The van der Waals surface area contributed by atoms with Crippen LogP contribution in [0.1, 0.15) is 0 Å². The van der Waals surface area contributed by atoms with Crippen molar-refractivity contribution in [2.45, 2.75) is 0 Å². The number of fused-ring (bicyclic) bond motifs is 1. The average Bonchev–Trinajstić information content (AvgIpc) is 2.31. The molecule has 2 rings (SSSR count). The van der Waals surface area contributed by atoms with Gasteiger partial charge in [0.15, 0.2) is 0 Å². The number of hydrogen-bond acceptors (Lipinski definition) is 1. The van der Waals surface area contributed by atoms with Crippen LogP contribution in [0.25, 0.3) is 11.1 Å². The molecule has 0 aromatic carbocycles. The molecule has 0 spiro atoms. The lowest BCUT2D eigenvalue weighted by molar-refractivity contribution is 0.476. The summed E-state index contributed by atoms with van der Waals surface area (Å²) in [6, 6.07) is 13.2. The fourth-order valence-electron chi connectivity index (χ4n) is 1.19. The number of hydrogen-bond donors (Lipinski definition) is 1. The van der Waals surface area contributed by atoms with E-state index in [1.807, 2.05) is 30.3 Å². The Morgan fingerprint density at radius 1 is 0.818 bits per heavy atom. The molecule has 1 nitrogen and oxygen atoms in total. The van der Waals surface area contributed by atoms with Gasteiger partial charge in [-0.05, 0) is 23.3 Å². The van der Waals surface area contributed by atoms with E-state index in [2.05, 4.69) is 0 Å². The summed E-state index contributed by atoms with van der Waals surface area (Å²) in [6.45, 7) is 0. The lowest BCUT2D eigenvalue weighted by atomic mass is 10.2. The third-order valence-electron chi connectivity index (χ3n) is 1.73. The highest BCUT2D eigenvalue weighted by molar-refractivity contribution is 5.66. The van der Waals surface area contributed by atoms with Crippen LogP contribution in [0.5, 0.6) is 5.75 Å². The summed E-state index contributed by atoms with van der Waals surface area (Å²) < 4.78 is 0. The molecule has 54 valence electrons. The van der Waals surface area contributed by atoms with Crippen molar-refractivity contribution in [3.8, 4) is 16.9 Å². The minimum absolute atomic E-state index is 0.311. The van der Waals surface area contributed by atoms with Crippen molar-refractivity contribution in [2.75, 3.05) is 0 Å². The molecule has 0 saturated carbocycles. The molecule has 2 aliphatic rings. The van der Waals surface area contributed by atoms with Gasteiger partial charge in [-0.2, -0.15) is 0 Å². The van der Waals surface area contributed by atoms with Gasteiger partial charge in [0.05, 0.1) is 0 Å². The monoisotopic (exact) mass is 144 g/mol. The first-order valence-electron chi connectivity index (χ1n) is 3.54. The molecular formula is C10H8O. The molecule has 0 amide bonds. The van der Waals surface area contributed by atoms with E-state index in [0.29, 0.717) is 5.75 Å². The summed E-state index contributed by atoms with van der Waals surface area (Å²) in [5.41, 5.74) is 2.23. The van der Waals surface area contributed by atoms with Gasteiger partial charge in [0.25, 0.3) is 0 Å². The summed E-state index contributed by atoms with van der Waals surface area (Å²) in [5, 5.41) is 9.21. The molecule has 0 fully saturated rings. The summed E-state index contributed by atoms with van der Waals surface area (Å²) >= 11 is 0. The predicted molar refractivity (Wildman–Crippen MR) is 44.7 cm³/mol. The third-order valence-corrected chi connectivity index (χ3v) is 1.73. The molecular weight excluding hydrogens is 136 g/mol. The summed E-state index contributed by atoms with van der Waals surface area (Å²) in [5.74, 6) is 0.311. The Kier molecular flexibility index (Phi) is 1.29. The first kappa shape index (κ1) is 6.23. The van der Waals surface area contributed by atoms with E-state index < -0.39 is 0 Å². The quantitative estimate of drug-likeness (QED) is 0.602. The standard InChI is InChI=1S/C10H8O/c11-10-6-2-4-8-3-1-5-9(8)7-10/h1-7,11H.